The molecule has 0 bridgehead atoms. The van der Waals surface area contributed by atoms with E-state index in [1.54, 1.807) is 21.3 Å². The van der Waals surface area contributed by atoms with E-state index in [0.717, 1.165) is 0 Å². The van der Waals surface area contributed by atoms with Gasteiger partial charge in [0.15, 0.2) is 0 Å². The fourth-order valence-electron chi connectivity index (χ4n) is 1.73. The normalized spacial score (nSPS) is 35.6. The quantitative estimate of drug-likeness (QED) is 0.722. The Labute approximate surface area is 92.8 Å². The molecule has 0 N–H and O–H groups in total. The van der Waals surface area contributed by atoms with Crippen molar-refractivity contribution < 1.29 is 18.9 Å². The van der Waals surface area contributed by atoms with Crippen molar-refractivity contribution in [2.75, 3.05) is 27.9 Å². The second-order valence-corrected chi connectivity index (χ2v) is 3.21. The van der Waals surface area contributed by atoms with Gasteiger partial charge in [-0.15, -0.1) is 0 Å². The van der Waals surface area contributed by atoms with Crippen molar-refractivity contribution in [2.24, 2.45) is 0 Å². The molecule has 1 aliphatic heterocycles. The van der Waals surface area contributed by atoms with E-state index in [0.29, 0.717) is 6.61 Å². The van der Waals surface area contributed by atoms with Gasteiger partial charge in [0.2, 0.25) is 0 Å². The number of rotatable bonds is 3. The Balaban J connectivity index is 0.000000921. The number of ether oxygens (including phenoxy) is 4. The smallest absolute Gasteiger partial charge is 0.114 e. The Morgan fingerprint density at radius 1 is 0.933 bits per heavy atom. The molecule has 4 nitrogen and oxygen atoms in total. The SMILES string of the molecule is CC.COC1COC(C)C(OC)C1OC. The maximum atomic E-state index is 5.49. The van der Waals surface area contributed by atoms with Gasteiger partial charge in [0.1, 0.15) is 18.3 Å². The van der Waals surface area contributed by atoms with Crippen LogP contribution in [0.25, 0.3) is 0 Å². The molecule has 1 aliphatic rings. The van der Waals surface area contributed by atoms with Crippen LogP contribution in [-0.4, -0.2) is 52.4 Å². The summed E-state index contributed by atoms with van der Waals surface area (Å²) in [5, 5.41) is 0. The van der Waals surface area contributed by atoms with Gasteiger partial charge in [-0.1, -0.05) is 13.8 Å². The van der Waals surface area contributed by atoms with Crippen LogP contribution in [0.15, 0.2) is 0 Å². The third-order valence-corrected chi connectivity index (χ3v) is 2.52. The van der Waals surface area contributed by atoms with E-state index in [1.807, 2.05) is 20.8 Å². The van der Waals surface area contributed by atoms with Crippen molar-refractivity contribution in [1.82, 2.24) is 0 Å². The van der Waals surface area contributed by atoms with Crippen molar-refractivity contribution in [3.8, 4) is 0 Å². The van der Waals surface area contributed by atoms with Gasteiger partial charge in [0, 0.05) is 21.3 Å². The minimum Gasteiger partial charge on any atom is -0.376 e. The lowest BCUT2D eigenvalue weighted by molar-refractivity contribution is -0.206. The van der Waals surface area contributed by atoms with Crippen molar-refractivity contribution in [3.63, 3.8) is 0 Å². The van der Waals surface area contributed by atoms with Crippen LogP contribution >= 0.6 is 0 Å². The van der Waals surface area contributed by atoms with E-state index in [1.165, 1.54) is 0 Å². The van der Waals surface area contributed by atoms with Crippen molar-refractivity contribution in [2.45, 2.75) is 45.2 Å². The predicted molar refractivity (Wildman–Crippen MR) is 59.2 cm³/mol. The lowest BCUT2D eigenvalue weighted by atomic mass is 10.0. The largest absolute Gasteiger partial charge is 0.376 e. The van der Waals surface area contributed by atoms with E-state index in [-0.39, 0.29) is 24.4 Å². The predicted octanol–water partition coefficient (Wildman–Crippen LogP) is 1.48. The molecule has 0 aromatic rings. The maximum absolute atomic E-state index is 5.49. The van der Waals surface area contributed by atoms with Crippen LogP contribution in [0.3, 0.4) is 0 Å². The molecule has 0 amide bonds. The van der Waals surface area contributed by atoms with Crippen molar-refractivity contribution >= 4 is 0 Å². The number of hydrogen-bond donors (Lipinski definition) is 0. The summed E-state index contributed by atoms with van der Waals surface area (Å²) >= 11 is 0. The Bertz CT molecular complexity index is 152. The first-order valence-corrected chi connectivity index (χ1v) is 5.44. The zero-order chi connectivity index (χ0) is 11.8. The van der Waals surface area contributed by atoms with Crippen LogP contribution in [0, 0.1) is 0 Å². The molecule has 4 unspecified atom stereocenters. The molecule has 0 aromatic heterocycles. The summed E-state index contributed by atoms with van der Waals surface area (Å²) in [4.78, 5) is 0. The van der Waals surface area contributed by atoms with E-state index in [2.05, 4.69) is 0 Å². The average Bonchev–Trinajstić information content (AvgIpc) is 2.31. The van der Waals surface area contributed by atoms with E-state index < -0.39 is 0 Å². The third-order valence-electron chi connectivity index (χ3n) is 2.52. The number of hydrogen-bond acceptors (Lipinski definition) is 4. The zero-order valence-electron chi connectivity index (χ0n) is 10.6. The summed E-state index contributed by atoms with van der Waals surface area (Å²) in [7, 11) is 4.98. The second kappa shape index (κ2) is 8.05. The Morgan fingerprint density at radius 2 is 1.47 bits per heavy atom. The molecule has 0 radical (unpaired) electrons. The Kier molecular flexibility index (Phi) is 7.96. The second-order valence-electron chi connectivity index (χ2n) is 3.21. The lowest BCUT2D eigenvalue weighted by Crippen LogP contribution is -2.54. The first-order chi connectivity index (χ1) is 7.24. The van der Waals surface area contributed by atoms with Gasteiger partial charge in [0.05, 0.1) is 12.7 Å². The van der Waals surface area contributed by atoms with Gasteiger partial charge in [-0.05, 0) is 6.92 Å². The molecule has 0 spiro atoms. The summed E-state index contributed by atoms with van der Waals surface area (Å²) in [5.74, 6) is 0. The summed E-state index contributed by atoms with van der Waals surface area (Å²) in [5.41, 5.74) is 0. The molecule has 0 aliphatic carbocycles. The summed E-state index contributed by atoms with van der Waals surface area (Å²) in [6, 6.07) is 0. The van der Waals surface area contributed by atoms with Crippen LogP contribution in [0.5, 0.6) is 0 Å². The Morgan fingerprint density at radius 3 is 1.87 bits per heavy atom. The highest BCUT2D eigenvalue weighted by Crippen LogP contribution is 2.21. The molecule has 1 heterocycles. The van der Waals surface area contributed by atoms with Crippen LogP contribution in [0.4, 0.5) is 0 Å². The summed E-state index contributed by atoms with van der Waals surface area (Å²) in [6.07, 6.45) is -0.0741. The molecular formula is C11H24O4. The molecule has 4 atom stereocenters. The molecule has 0 saturated carbocycles. The van der Waals surface area contributed by atoms with Crippen LogP contribution < -0.4 is 0 Å². The average molecular weight is 220 g/mol. The molecule has 15 heavy (non-hydrogen) atoms. The maximum Gasteiger partial charge on any atom is 0.114 e. The van der Waals surface area contributed by atoms with Gasteiger partial charge >= 0.3 is 0 Å². The van der Waals surface area contributed by atoms with E-state index in [4.69, 9.17) is 18.9 Å². The third kappa shape index (κ3) is 3.72. The highest BCUT2D eigenvalue weighted by atomic mass is 16.6. The molecule has 1 rings (SSSR count). The molecule has 1 saturated heterocycles. The van der Waals surface area contributed by atoms with E-state index in [9.17, 15) is 0 Å². The fraction of sp³-hybridized carbons (Fsp3) is 1.00. The van der Waals surface area contributed by atoms with Crippen LogP contribution in [0.1, 0.15) is 20.8 Å². The van der Waals surface area contributed by atoms with Gasteiger partial charge in [-0.3, -0.25) is 0 Å². The molecule has 92 valence electrons. The topological polar surface area (TPSA) is 36.9 Å². The summed E-state index contributed by atoms with van der Waals surface area (Å²) in [6.45, 7) is 6.54. The lowest BCUT2D eigenvalue weighted by Gasteiger charge is -2.39. The minimum atomic E-state index is -0.0521. The minimum absolute atomic E-state index is 0.0360. The molecule has 0 aromatic carbocycles. The van der Waals surface area contributed by atoms with E-state index >= 15 is 0 Å². The van der Waals surface area contributed by atoms with Crippen LogP contribution in [-0.2, 0) is 18.9 Å². The first-order valence-electron chi connectivity index (χ1n) is 5.44. The zero-order valence-corrected chi connectivity index (χ0v) is 10.6. The number of methoxy groups -OCH3 is 3. The fourth-order valence-corrected chi connectivity index (χ4v) is 1.73. The molecule has 4 heteroatoms. The van der Waals surface area contributed by atoms with Gasteiger partial charge in [-0.25, -0.2) is 0 Å². The van der Waals surface area contributed by atoms with Gasteiger partial charge in [-0.2, -0.15) is 0 Å². The monoisotopic (exact) mass is 220 g/mol. The highest BCUT2D eigenvalue weighted by Gasteiger charge is 2.39. The van der Waals surface area contributed by atoms with Crippen molar-refractivity contribution in [3.05, 3.63) is 0 Å². The van der Waals surface area contributed by atoms with Crippen LogP contribution in [0.2, 0.25) is 0 Å². The molecular weight excluding hydrogens is 196 g/mol. The highest BCUT2D eigenvalue weighted by molar-refractivity contribution is 4.87. The Hall–Kier alpha value is -0.160. The van der Waals surface area contributed by atoms with Gasteiger partial charge in [0.25, 0.3) is 0 Å². The molecule has 1 fully saturated rings. The van der Waals surface area contributed by atoms with Gasteiger partial charge < -0.3 is 18.9 Å². The van der Waals surface area contributed by atoms with Crippen molar-refractivity contribution in [1.29, 1.82) is 0 Å². The first kappa shape index (κ1) is 14.8. The summed E-state index contributed by atoms with van der Waals surface area (Å²) < 4.78 is 21.4. The standard InChI is InChI=1S/C9H18O4.C2H6/c1-6-8(11-3)9(12-4)7(10-2)5-13-6;1-2/h6-9H,5H2,1-4H3;1-2H3.